The predicted octanol–water partition coefficient (Wildman–Crippen LogP) is 1.76. The van der Waals surface area contributed by atoms with Gasteiger partial charge in [0.1, 0.15) is 5.84 Å². The molecule has 3 aromatic rings. The van der Waals surface area contributed by atoms with Crippen LogP contribution in [0.1, 0.15) is 25.0 Å². The number of esters is 1. The van der Waals surface area contributed by atoms with E-state index in [1.54, 1.807) is 61.8 Å². The molecular weight excluding hydrogens is 412 g/mol. The quantitative estimate of drug-likeness (QED) is 0.200. The van der Waals surface area contributed by atoms with Crippen molar-refractivity contribution in [2.45, 2.75) is 26.3 Å². The van der Waals surface area contributed by atoms with Gasteiger partial charge >= 0.3 is 17.8 Å². The van der Waals surface area contributed by atoms with Gasteiger partial charge in [0, 0.05) is 43.2 Å². The van der Waals surface area contributed by atoms with E-state index in [1.807, 2.05) is 0 Å². The summed E-state index contributed by atoms with van der Waals surface area (Å²) in [5, 5.41) is 14.6. The number of hydrogen-bond acceptors (Lipinski definition) is 7. The molecule has 0 radical (unpaired) electrons. The molecule has 0 aliphatic heterocycles. The van der Waals surface area contributed by atoms with Crippen LogP contribution in [0.5, 0.6) is 0 Å². The van der Waals surface area contributed by atoms with Crippen LogP contribution in [0.15, 0.2) is 61.1 Å². The highest BCUT2D eigenvalue weighted by atomic mass is 16.7. The van der Waals surface area contributed by atoms with E-state index < -0.39 is 17.8 Å². The van der Waals surface area contributed by atoms with E-state index in [-0.39, 0.29) is 19.0 Å². The normalized spacial score (nSPS) is 12.6. The standard InChI is InChI=1S/C22H24N6O4/c1-3-31-22(32-15(2)29,28-13-10-19(27-28)17-8-11-25-12-9-17)21(30)26-14-16-4-6-18(7-5-16)20(23)24/h4-13H,3,14H2,1-2H3,(H3,23,24)(H,26,30)/t22-/m0/s1. The summed E-state index contributed by atoms with van der Waals surface area (Å²) in [6, 6.07) is 12.1. The van der Waals surface area contributed by atoms with Gasteiger partial charge in [0.2, 0.25) is 0 Å². The largest absolute Gasteiger partial charge is 0.404 e. The second-order valence-electron chi connectivity index (χ2n) is 6.78. The molecule has 0 saturated carbocycles. The SMILES string of the molecule is CCO[C@](OC(C)=O)(C(=O)NCc1ccc(C(=N)N)cc1)n1ccc(-c2ccncc2)n1. The molecule has 1 aromatic carbocycles. The van der Waals surface area contributed by atoms with Gasteiger partial charge in [0.05, 0.1) is 12.3 Å². The van der Waals surface area contributed by atoms with Gasteiger partial charge in [-0.25, -0.2) is 0 Å². The number of hydrogen-bond donors (Lipinski definition) is 3. The molecule has 3 rings (SSSR count). The number of rotatable bonds is 9. The van der Waals surface area contributed by atoms with Gasteiger partial charge in [-0.05, 0) is 30.7 Å². The topological polar surface area (TPSA) is 145 Å². The Morgan fingerprint density at radius 1 is 1.16 bits per heavy atom. The highest BCUT2D eigenvalue weighted by molar-refractivity contribution is 5.94. The second-order valence-corrected chi connectivity index (χ2v) is 6.78. The molecule has 4 N–H and O–H groups in total. The van der Waals surface area contributed by atoms with E-state index >= 15 is 0 Å². The van der Waals surface area contributed by atoms with Crippen LogP contribution in [0.2, 0.25) is 0 Å². The van der Waals surface area contributed by atoms with Crippen LogP contribution >= 0.6 is 0 Å². The first-order chi connectivity index (χ1) is 15.4. The molecule has 0 saturated heterocycles. The number of amidine groups is 1. The summed E-state index contributed by atoms with van der Waals surface area (Å²) in [6.45, 7) is 3.08. The third kappa shape index (κ3) is 4.98. The van der Waals surface area contributed by atoms with Crippen molar-refractivity contribution in [3.05, 3.63) is 72.2 Å². The van der Waals surface area contributed by atoms with Gasteiger partial charge in [0.15, 0.2) is 0 Å². The van der Waals surface area contributed by atoms with Crippen LogP contribution in [0, 0.1) is 5.41 Å². The number of carbonyl (C=O) groups is 2. The molecule has 0 unspecified atom stereocenters. The zero-order chi connectivity index (χ0) is 23.1. The average Bonchev–Trinajstić information content (AvgIpc) is 3.28. The average molecular weight is 436 g/mol. The monoisotopic (exact) mass is 436 g/mol. The fourth-order valence-electron chi connectivity index (χ4n) is 3.01. The maximum Gasteiger partial charge on any atom is 0.400 e. The molecule has 0 aliphatic rings. The Balaban J connectivity index is 1.89. The molecule has 1 amide bonds. The molecule has 0 fully saturated rings. The molecule has 0 bridgehead atoms. The van der Waals surface area contributed by atoms with Crippen LogP contribution in [0.25, 0.3) is 11.3 Å². The number of pyridine rings is 1. The molecular formula is C22H24N6O4. The fraction of sp³-hybridized carbons (Fsp3) is 0.227. The summed E-state index contributed by atoms with van der Waals surface area (Å²) >= 11 is 0. The van der Waals surface area contributed by atoms with Gasteiger partial charge in [-0.3, -0.25) is 20.0 Å². The van der Waals surface area contributed by atoms with Gasteiger partial charge in [-0.15, -0.1) is 0 Å². The lowest BCUT2D eigenvalue weighted by Gasteiger charge is -2.30. The lowest BCUT2D eigenvalue weighted by Crippen LogP contribution is -2.53. The number of amides is 1. The van der Waals surface area contributed by atoms with Crippen molar-refractivity contribution in [1.29, 1.82) is 5.41 Å². The summed E-state index contributed by atoms with van der Waals surface area (Å²) in [4.78, 5) is 29.1. The minimum Gasteiger partial charge on any atom is -0.404 e. The highest BCUT2D eigenvalue weighted by Gasteiger charge is 2.46. The molecule has 10 nitrogen and oxygen atoms in total. The Kier molecular flexibility index (Phi) is 6.96. The first-order valence-corrected chi connectivity index (χ1v) is 9.87. The second kappa shape index (κ2) is 9.84. The van der Waals surface area contributed by atoms with Crippen LogP contribution in [0.4, 0.5) is 0 Å². The molecule has 166 valence electrons. The summed E-state index contributed by atoms with van der Waals surface area (Å²) in [7, 11) is 0. The Bertz CT molecular complexity index is 1100. The van der Waals surface area contributed by atoms with Crippen molar-refractivity contribution < 1.29 is 19.1 Å². The van der Waals surface area contributed by atoms with E-state index in [4.69, 9.17) is 20.6 Å². The Morgan fingerprint density at radius 3 is 2.44 bits per heavy atom. The Morgan fingerprint density at radius 2 is 1.84 bits per heavy atom. The minimum absolute atomic E-state index is 0.0468. The van der Waals surface area contributed by atoms with Gasteiger partial charge in [-0.1, -0.05) is 24.3 Å². The lowest BCUT2D eigenvalue weighted by molar-refractivity contribution is -0.267. The van der Waals surface area contributed by atoms with E-state index in [2.05, 4.69) is 15.4 Å². The third-order valence-electron chi connectivity index (χ3n) is 4.49. The highest BCUT2D eigenvalue weighted by Crippen LogP contribution is 2.24. The van der Waals surface area contributed by atoms with Gasteiger partial charge < -0.3 is 20.5 Å². The molecule has 2 aromatic heterocycles. The molecule has 0 spiro atoms. The molecule has 1 atom stereocenters. The van der Waals surface area contributed by atoms with E-state index in [0.717, 1.165) is 11.1 Å². The Hall–Kier alpha value is -4.05. The summed E-state index contributed by atoms with van der Waals surface area (Å²) in [5.74, 6) is -3.57. The zero-order valence-corrected chi connectivity index (χ0v) is 17.7. The summed E-state index contributed by atoms with van der Waals surface area (Å²) in [5.41, 5.74) is 8.13. The third-order valence-corrected chi connectivity index (χ3v) is 4.49. The van der Waals surface area contributed by atoms with E-state index in [0.29, 0.717) is 11.3 Å². The number of aromatic nitrogens is 3. The number of nitrogen functional groups attached to an aromatic ring is 1. The zero-order valence-electron chi connectivity index (χ0n) is 17.7. The van der Waals surface area contributed by atoms with Crippen molar-refractivity contribution in [1.82, 2.24) is 20.1 Å². The van der Waals surface area contributed by atoms with Gasteiger partial charge in [0.25, 0.3) is 0 Å². The fourth-order valence-corrected chi connectivity index (χ4v) is 3.01. The van der Waals surface area contributed by atoms with Crippen molar-refractivity contribution in [2.24, 2.45) is 5.73 Å². The number of ether oxygens (including phenoxy) is 2. The maximum atomic E-state index is 13.2. The van der Waals surface area contributed by atoms with E-state index in [1.165, 1.54) is 17.8 Å². The van der Waals surface area contributed by atoms with Crippen LogP contribution < -0.4 is 11.1 Å². The number of nitrogens with zero attached hydrogens (tertiary/aromatic N) is 3. The minimum atomic E-state index is -2.12. The maximum absolute atomic E-state index is 13.2. The number of benzene rings is 1. The Labute approximate surface area is 184 Å². The van der Waals surface area contributed by atoms with Crippen LogP contribution in [0.3, 0.4) is 0 Å². The van der Waals surface area contributed by atoms with Crippen molar-refractivity contribution in [2.75, 3.05) is 6.61 Å². The smallest absolute Gasteiger partial charge is 0.400 e. The number of nitrogens with two attached hydrogens (primary N) is 1. The molecule has 0 aliphatic carbocycles. The van der Waals surface area contributed by atoms with Crippen LogP contribution in [-0.4, -0.2) is 39.1 Å². The van der Waals surface area contributed by atoms with Crippen molar-refractivity contribution in [3.63, 3.8) is 0 Å². The molecule has 32 heavy (non-hydrogen) atoms. The van der Waals surface area contributed by atoms with Crippen molar-refractivity contribution in [3.8, 4) is 11.3 Å². The summed E-state index contributed by atoms with van der Waals surface area (Å²) < 4.78 is 12.2. The van der Waals surface area contributed by atoms with Crippen LogP contribution in [-0.2, 0) is 31.5 Å². The molecule has 2 heterocycles. The first-order valence-electron chi connectivity index (χ1n) is 9.87. The number of carbonyl (C=O) groups excluding carboxylic acids is 2. The van der Waals surface area contributed by atoms with E-state index in [9.17, 15) is 9.59 Å². The first kappa shape index (κ1) is 22.6. The van der Waals surface area contributed by atoms with Crippen molar-refractivity contribution >= 4 is 17.7 Å². The lowest BCUT2D eigenvalue weighted by atomic mass is 10.1. The number of nitrogens with one attached hydrogen (secondary N) is 2. The predicted molar refractivity (Wildman–Crippen MR) is 116 cm³/mol. The molecule has 10 heteroatoms. The summed E-state index contributed by atoms with van der Waals surface area (Å²) in [6.07, 6.45) is 4.76. The van der Waals surface area contributed by atoms with Gasteiger partial charge in [-0.2, -0.15) is 9.78 Å².